The van der Waals surface area contributed by atoms with E-state index in [4.69, 9.17) is 9.47 Å². The molecular formula is C22H16O4. The van der Waals surface area contributed by atoms with Crippen LogP contribution >= 0.6 is 0 Å². The van der Waals surface area contributed by atoms with Crippen LogP contribution in [-0.4, -0.2) is 18.4 Å². The minimum absolute atomic E-state index is 0.148. The predicted octanol–water partition coefficient (Wildman–Crippen LogP) is 4.19. The van der Waals surface area contributed by atoms with Gasteiger partial charge in [-0.3, -0.25) is 9.59 Å². The van der Waals surface area contributed by atoms with Crippen LogP contribution < -0.4 is 9.47 Å². The van der Waals surface area contributed by atoms with E-state index in [0.717, 1.165) is 5.56 Å². The van der Waals surface area contributed by atoms with E-state index in [0.29, 0.717) is 33.8 Å². The topological polar surface area (TPSA) is 52.6 Å². The van der Waals surface area contributed by atoms with Crippen LogP contribution in [0.25, 0.3) is 0 Å². The van der Waals surface area contributed by atoms with E-state index >= 15 is 0 Å². The molecule has 0 spiro atoms. The summed E-state index contributed by atoms with van der Waals surface area (Å²) < 4.78 is 10.6. The molecule has 0 N–H and O–H groups in total. The summed E-state index contributed by atoms with van der Waals surface area (Å²) in [6.45, 7) is 2.11. The lowest BCUT2D eigenvalue weighted by molar-refractivity contribution is 0.100. The second-order valence-electron chi connectivity index (χ2n) is 6.14. The van der Waals surface area contributed by atoms with Crippen molar-refractivity contribution in [3.05, 3.63) is 94.5 Å². The normalized spacial score (nSPS) is 12.0. The first-order chi connectivity index (χ1) is 12.6. The van der Waals surface area contributed by atoms with Gasteiger partial charge in [0.15, 0.2) is 23.1 Å². The first-order valence-electron chi connectivity index (χ1n) is 8.28. The van der Waals surface area contributed by atoms with Crippen LogP contribution in [0.15, 0.2) is 66.7 Å². The molecule has 0 aliphatic carbocycles. The number of benzene rings is 3. The van der Waals surface area contributed by atoms with Gasteiger partial charge in [-0.1, -0.05) is 54.1 Å². The summed E-state index contributed by atoms with van der Waals surface area (Å²) in [5.41, 5.74) is 2.85. The lowest BCUT2D eigenvalue weighted by atomic mass is 9.93. The van der Waals surface area contributed by atoms with Crippen molar-refractivity contribution in [1.29, 1.82) is 0 Å². The number of aryl methyl sites for hydroxylation is 1. The molecule has 0 saturated heterocycles. The van der Waals surface area contributed by atoms with Crippen LogP contribution in [0.4, 0.5) is 0 Å². The predicted molar refractivity (Wildman–Crippen MR) is 97.1 cm³/mol. The summed E-state index contributed by atoms with van der Waals surface area (Å²) in [5.74, 6) is 0.762. The second kappa shape index (κ2) is 6.48. The zero-order valence-electron chi connectivity index (χ0n) is 14.2. The van der Waals surface area contributed by atoms with Crippen molar-refractivity contribution < 1.29 is 19.1 Å². The van der Waals surface area contributed by atoms with Crippen molar-refractivity contribution in [3.63, 3.8) is 0 Å². The minimum atomic E-state index is -0.223. The molecule has 0 aromatic heterocycles. The standard InChI is InChI=1S/C22H16O4/c1-14-6-8-15(9-7-14)21(23)17-4-2-3-5-18(17)22(24)16-10-11-19-20(12-16)26-13-25-19/h2-12H,13H2,1H3. The van der Waals surface area contributed by atoms with Crippen LogP contribution in [0.5, 0.6) is 11.5 Å². The van der Waals surface area contributed by atoms with Gasteiger partial charge in [-0.05, 0) is 25.1 Å². The van der Waals surface area contributed by atoms with Gasteiger partial charge in [-0.25, -0.2) is 0 Å². The Morgan fingerprint density at radius 3 is 2.00 bits per heavy atom. The van der Waals surface area contributed by atoms with Crippen molar-refractivity contribution in [2.45, 2.75) is 6.92 Å². The van der Waals surface area contributed by atoms with Crippen molar-refractivity contribution >= 4 is 11.6 Å². The third kappa shape index (κ3) is 2.86. The second-order valence-corrected chi connectivity index (χ2v) is 6.14. The average Bonchev–Trinajstić information content (AvgIpc) is 3.15. The monoisotopic (exact) mass is 344 g/mol. The first-order valence-corrected chi connectivity index (χ1v) is 8.28. The lowest BCUT2D eigenvalue weighted by Crippen LogP contribution is -2.11. The molecule has 0 radical (unpaired) electrons. The molecule has 0 atom stereocenters. The number of carbonyl (C=O) groups excluding carboxylic acids is 2. The van der Waals surface area contributed by atoms with Gasteiger partial charge in [0.2, 0.25) is 6.79 Å². The summed E-state index contributed by atoms with van der Waals surface area (Å²) in [4.78, 5) is 25.9. The fraction of sp³-hybridized carbons (Fsp3) is 0.0909. The Labute approximate surface area is 151 Å². The van der Waals surface area contributed by atoms with Crippen molar-refractivity contribution in [3.8, 4) is 11.5 Å². The average molecular weight is 344 g/mol. The number of fused-ring (bicyclic) bond motifs is 1. The number of ketones is 2. The SMILES string of the molecule is Cc1ccc(C(=O)c2ccccc2C(=O)c2ccc3c(c2)OCO3)cc1. The van der Waals surface area contributed by atoms with Gasteiger partial charge in [0.25, 0.3) is 0 Å². The Bertz CT molecular complexity index is 1000. The van der Waals surface area contributed by atoms with Crippen LogP contribution in [0, 0.1) is 6.92 Å². The molecule has 3 aromatic rings. The molecule has 0 amide bonds. The van der Waals surface area contributed by atoms with Gasteiger partial charge in [0, 0.05) is 22.3 Å². The van der Waals surface area contributed by atoms with Crippen molar-refractivity contribution in [1.82, 2.24) is 0 Å². The maximum atomic E-state index is 13.0. The van der Waals surface area contributed by atoms with Gasteiger partial charge in [0.1, 0.15) is 0 Å². The zero-order valence-corrected chi connectivity index (χ0v) is 14.2. The van der Waals surface area contributed by atoms with Crippen molar-refractivity contribution in [2.75, 3.05) is 6.79 Å². The highest BCUT2D eigenvalue weighted by molar-refractivity contribution is 6.19. The maximum Gasteiger partial charge on any atom is 0.231 e. The van der Waals surface area contributed by atoms with Crippen LogP contribution in [0.2, 0.25) is 0 Å². The third-order valence-corrected chi connectivity index (χ3v) is 4.36. The summed E-state index contributed by atoms with van der Waals surface area (Å²) in [6, 6.07) is 19.2. The Morgan fingerprint density at radius 2 is 1.31 bits per heavy atom. The molecule has 0 saturated carbocycles. The van der Waals surface area contributed by atoms with Crippen LogP contribution in [-0.2, 0) is 0 Å². The van der Waals surface area contributed by atoms with Gasteiger partial charge < -0.3 is 9.47 Å². The highest BCUT2D eigenvalue weighted by Crippen LogP contribution is 2.33. The Kier molecular flexibility index (Phi) is 4.01. The number of hydrogen-bond acceptors (Lipinski definition) is 4. The van der Waals surface area contributed by atoms with Gasteiger partial charge in [0.05, 0.1) is 0 Å². The fourth-order valence-electron chi connectivity index (χ4n) is 2.93. The highest BCUT2D eigenvalue weighted by atomic mass is 16.7. The van der Waals surface area contributed by atoms with E-state index in [9.17, 15) is 9.59 Å². The van der Waals surface area contributed by atoms with Gasteiger partial charge >= 0.3 is 0 Å². The van der Waals surface area contributed by atoms with Crippen molar-refractivity contribution in [2.24, 2.45) is 0 Å². The molecule has 4 nitrogen and oxygen atoms in total. The third-order valence-electron chi connectivity index (χ3n) is 4.36. The molecule has 3 aromatic carbocycles. The molecule has 4 rings (SSSR count). The van der Waals surface area contributed by atoms with E-state index in [-0.39, 0.29) is 18.4 Å². The van der Waals surface area contributed by atoms with E-state index in [2.05, 4.69) is 0 Å². The van der Waals surface area contributed by atoms with E-state index in [1.165, 1.54) is 0 Å². The number of rotatable bonds is 4. The maximum absolute atomic E-state index is 13.0. The van der Waals surface area contributed by atoms with Crippen LogP contribution in [0.3, 0.4) is 0 Å². The molecule has 0 unspecified atom stereocenters. The number of carbonyl (C=O) groups is 2. The first kappa shape index (κ1) is 16.1. The molecule has 4 heteroatoms. The smallest absolute Gasteiger partial charge is 0.231 e. The molecular weight excluding hydrogens is 328 g/mol. The lowest BCUT2D eigenvalue weighted by Gasteiger charge is -2.09. The fourth-order valence-corrected chi connectivity index (χ4v) is 2.93. The number of ether oxygens (including phenoxy) is 2. The van der Waals surface area contributed by atoms with Gasteiger partial charge in [-0.15, -0.1) is 0 Å². The van der Waals surface area contributed by atoms with Crippen LogP contribution in [0.1, 0.15) is 37.4 Å². The Balaban J connectivity index is 1.72. The van der Waals surface area contributed by atoms with E-state index in [1.54, 1.807) is 54.6 Å². The number of hydrogen-bond donors (Lipinski definition) is 0. The van der Waals surface area contributed by atoms with E-state index in [1.807, 2.05) is 19.1 Å². The molecule has 1 aliphatic heterocycles. The molecule has 1 aliphatic rings. The Morgan fingerprint density at radius 1 is 0.731 bits per heavy atom. The summed E-state index contributed by atoms with van der Waals surface area (Å²) in [7, 11) is 0. The molecule has 128 valence electrons. The largest absolute Gasteiger partial charge is 0.454 e. The molecule has 0 bridgehead atoms. The Hall–Kier alpha value is -3.40. The minimum Gasteiger partial charge on any atom is -0.454 e. The van der Waals surface area contributed by atoms with Gasteiger partial charge in [-0.2, -0.15) is 0 Å². The summed E-state index contributed by atoms with van der Waals surface area (Å²) in [5, 5.41) is 0. The molecule has 26 heavy (non-hydrogen) atoms. The highest BCUT2D eigenvalue weighted by Gasteiger charge is 2.21. The molecule has 1 heterocycles. The quantitative estimate of drug-likeness (QED) is 0.666. The summed E-state index contributed by atoms with van der Waals surface area (Å²) in [6.07, 6.45) is 0. The van der Waals surface area contributed by atoms with E-state index < -0.39 is 0 Å². The summed E-state index contributed by atoms with van der Waals surface area (Å²) >= 11 is 0. The zero-order chi connectivity index (χ0) is 18.1. The molecule has 0 fully saturated rings.